The molecule has 4 heteroatoms. The van der Waals surface area contributed by atoms with Crippen LogP contribution in [0.5, 0.6) is 0 Å². The molecule has 0 aromatic heterocycles. The van der Waals surface area contributed by atoms with Gasteiger partial charge in [-0.2, -0.15) is 0 Å². The summed E-state index contributed by atoms with van der Waals surface area (Å²) in [6.45, 7) is 0. The van der Waals surface area contributed by atoms with Crippen LogP contribution in [0.25, 0.3) is 0 Å². The van der Waals surface area contributed by atoms with Crippen molar-refractivity contribution in [2.24, 2.45) is 5.92 Å². The highest BCUT2D eigenvalue weighted by molar-refractivity contribution is 5.85. The Morgan fingerprint density at radius 1 is 1.05 bits per heavy atom. The molecule has 1 saturated carbocycles. The van der Waals surface area contributed by atoms with Gasteiger partial charge in [0.25, 0.3) is 0 Å². The summed E-state index contributed by atoms with van der Waals surface area (Å²) < 4.78 is 0. The number of carboxylic acid groups (broad SMARTS) is 1. The molecule has 0 saturated heterocycles. The van der Waals surface area contributed by atoms with E-state index in [0.717, 1.165) is 25.7 Å². The molecule has 4 nitrogen and oxygen atoms in total. The summed E-state index contributed by atoms with van der Waals surface area (Å²) >= 11 is 0. The first kappa shape index (κ1) is 14.6. The number of rotatable bonds is 4. The lowest BCUT2D eigenvalue weighted by molar-refractivity contribution is -0.142. The van der Waals surface area contributed by atoms with Gasteiger partial charge in [-0.05, 0) is 18.4 Å². The number of hydrogen-bond acceptors (Lipinski definition) is 2. The molecule has 1 aliphatic carbocycles. The van der Waals surface area contributed by atoms with Crippen LogP contribution in [0.3, 0.4) is 0 Å². The highest BCUT2D eigenvalue weighted by Crippen LogP contribution is 2.24. The van der Waals surface area contributed by atoms with Gasteiger partial charge >= 0.3 is 5.97 Å². The predicted molar refractivity (Wildman–Crippen MR) is 76.2 cm³/mol. The summed E-state index contributed by atoms with van der Waals surface area (Å²) in [7, 11) is 0. The molecule has 108 valence electrons. The van der Waals surface area contributed by atoms with Crippen molar-refractivity contribution in [3.63, 3.8) is 0 Å². The van der Waals surface area contributed by atoms with Crippen molar-refractivity contribution in [1.29, 1.82) is 0 Å². The third kappa shape index (κ3) is 3.83. The maximum atomic E-state index is 12.3. The summed E-state index contributed by atoms with van der Waals surface area (Å²) in [6, 6.07) is 7.90. The van der Waals surface area contributed by atoms with Crippen LogP contribution in [0.4, 0.5) is 0 Å². The molecule has 1 fully saturated rings. The minimum atomic E-state index is -1.02. The fraction of sp³-hybridized carbons (Fsp3) is 0.500. The predicted octanol–water partition coefficient (Wildman–Crippen LogP) is 2.90. The largest absolute Gasteiger partial charge is 0.479 e. The second-order valence-electron chi connectivity index (χ2n) is 5.38. The van der Waals surface area contributed by atoms with E-state index >= 15 is 0 Å². The molecule has 0 heterocycles. The lowest BCUT2D eigenvalue weighted by atomic mass is 9.98. The molecule has 0 radical (unpaired) electrons. The van der Waals surface area contributed by atoms with Gasteiger partial charge in [0.15, 0.2) is 6.04 Å². The van der Waals surface area contributed by atoms with Crippen LogP contribution in [-0.2, 0) is 9.59 Å². The van der Waals surface area contributed by atoms with Crippen molar-refractivity contribution in [3.8, 4) is 0 Å². The number of hydrogen-bond donors (Lipinski definition) is 2. The third-order valence-corrected chi connectivity index (χ3v) is 3.89. The van der Waals surface area contributed by atoms with Crippen molar-refractivity contribution in [2.75, 3.05) is 0 Å². The third-order valence-electron chi connectivity index (χ3n) is 3.89. The Balaban J connectivity index is 2.04. The molecule has 1 aliphatic rings. The summed E-state index contributed by atoms with van der Waals surface area (Å²) in [5, 5.41) is 12.0. The number of nitrogens with one attached hydrogen (secondary N) is 1. The second kappa shape index (κ2) is 7.08. The Labute approximate surface area is 119 Å². The highest BCUT2D eigenvalue weighted by atomic mass is 16.4. The lowest BCUT2D eigenvalue weighted by Crippen LogP contribution is -2.37. The molecule has 2 N–H and O–H groups in total. The van der Waals surface area contributed by atoms with E-state index in [9.17, 15) is 14.7 Å². The van der Waals surface area contributed by atoms with Gasteiger partial charge in [0.1, 0.15) is 0 Å². The first-order chi connectivity index (χ1) is 9.68. The van der Waals surface area contributed by atoms with E-state index in [-0.39, 0.29) is 11.8 Å². The van der Waals surface area contributed by atoms with Crippen molar-refractivity contribution in [2.45, 2.75) is 44.6 Å². The van der Waals surface area contributed by atoms with E-state index in [1.165, 1.54) is 12.8 Å². The van der Waals surface area contributed by atoms with Crippen molar-refractivity contribution in [1.82, 2.24) is 5.32 Å². The summed E-state index contributed by atoms with van der Waals surface area (Å²) in [4.78, 5) is 23.6. The lowest BCUT2D eigenvalue weighted by Gasteiger charge is -2.19. The topological polar surface area (TPSA) is 66.4 Å². The van der Waals surface area contributed by atoms with Gasteiger partial charge in [-0.1, -0.05) is 56.0 Å². The molecule has 0 bridgehead atoms. The molecule has 2 rings (SSSR count). The molecule has 1 amide bonds. The number of carbonyl (C=O) groups is 2. The van der Waals surface area contributed by atoms with E-state index in [1.807, 2.05) is 6.07 Å². The molecule has 0 unspecified atom stereocenters. The van der Waals surface area contributed by atoms with Crippen LogP contribution in [0.2, 0.25) is 0 Å². The second-order valence-corrected chi connectivity index (χ2v) is 5.38. The van der Waals surface area contributed by atoms with Gasteiger partial charge in [-0.25, -0.2) is 4.79 Å². The number of benzene rings is 1. The van der Waals surface area contributed by atoms with Crippen LogP contribution in [-0.4, -0.2) is 17.0 Å². The monoisotopic (exact) mass is 275 g/mol. The van der Waals surface area contributed by atoms with Crippen molar-refractivity contribution in [3.05, 3.63) is 35.9 Å². The van der Waals surface area contributed by atoms with E-state index in [1.54, 1.807) is 24.3 Å². The zero-order chi connectivity index (χ0) is 14.4. The normalized spacial score (nSPS) is 18.0. The standard InChI is InChI=1S/C16H21NO3/c18-15(13-10-4-1-2-5-11-13)17-14(16(19)20)12-8-6-3-7-9-12/h3,6-9,13-14H,1-2,4-5,10-11H2,(H,17,18)(H,19,20)/t14-/m0/s1. The maximum Gasteiger partial charge on any atom is 0.330 e. The van der Waals surface area contributed by atoms with Crippen molar-refractivity contribution >= 4 is 11.9 Å². The molecule has 0 aliphatic heterocycles. The average Bonchev–Trinajstić information content (AvgIpc) is 2.74. The Bertz CT molecular complexity index is 450. The van der Waals surface area contributed by atoms with E-state index in [0.29, 0.717) is 5.56 Å². The number of aliphatic carboxylic acids is 1. The minimum Gasteiger partial charge on any atom is -0.479 e. The fourth-order valence-corrected chi connectivity index (χ4v) is 2.73. The van der Waals surface area contributed by atoms with Gasteiger partial charge in [-0.3, -0.25) is 4.79 Å². The SMILES string of the molecule is O=C(N[C@H](C(=O)O)c1ccccc1)C1CCCCCC1. The number of carbonyl (C=O) groups excluding carboxylic acids is 1. The Kier molecular flexibility index (Phi) is 5.16. The quantitative estimate of drug-likeness (QED) is 0.830. The van der Waals surface area contributed by atoms with Gasteiger partial charge in [0.2, 0.25) is 5.91 Å². The zero-order valence-electron chi connectivity index (χ0n) is 11.5. The van der Waals surface area contributed by atoms with Crippen molar-refractivity contribution < 1.29 is 14.7 Å². The van der Waals surface area contributed by atoms with Gasteiger partial charge in [0.05, 0.1) is 0 Å². The first-order valence-electron chi connectivity index (χ1n) is 7.26. The van der Waals surface area contributed by atoms with Crippen LogP contribution in [0.1, 0.15) is 50.1 Å². The summed E-state index contributed by atoms with van der Waals surface area (Å²) in [5.41, 5.74) is 0.613. The first-order valence-corrected chi connectivity index (χ1v) is 7.26. The molecule has 1 aromatic carbocycles. The highest BCUT2D eigenvalue weighted by Gasteiger charge is 2.26. The summed E-state index contributed by atoms with van der Waals surface area (Å²) in [5.74, 6) is -1.18. The number of carboxylic acids is 1. The van der Waals surface area contributed by atoms with Gasteiger partial charge in [0, 0.05) is 5.92 Å². The molecule has 1 atom stereocenters. The Hall–Kier alpha value is -1.84. The van der Waals surface area contributed by atoms with E-state index < -0.39 is 12.0 Å². The van der Waals surface area contributed by atoms with Gasteiger partial charge in [-0.15, -0.1) is 0 Å². The Morgan fingerprint density at radius 3 is 2.20 bits per heavy atom. The maximum absolute atomic E-state index is 12.3. The van der Waals surface area contributed by atoms with Crippen LogP contribution >= 0.6 is 0 Å². The number of amides is 1. The summed E-state index contributed by atoms with van der Waals surface area (Å²) in [6.07, 6.45) is 6.19. The smallest absolute Gasteiger partial charge is 0.330 e. The van der Waals surface area contributed by atoms with E-state index in [2.05, 4.69) is 5.32 Å². The Morgan fingerprint density at radius 2 is 1.65 bits per heavy atom. The average molecular weight is 275 g/mol. The van der Waals surface area contributed by atoms with Gasteiger partial charge < -0.3 is 10.4 Å². The minimum absolute atomic E-state index is 0.0388. The molecular formula is C16H21NO3. The van der Waals surface area contributed by atoms with E-state index in [4.69, 9.17) is 0 Å². The molecular weight excluding hydrogens is 254 g/mol. The van der Waals surface area contributed by atoms with Crippen LogP contribution in [0.15, 0.2) is 30.3 Å². The zero-order valence-corrected chi connectivity index (χ0v) is 11.5. The fourth-order valence-electron chi connectivity index (χ4n) is 2.73. The molecule has 20 heavy (non-hydrogen) atoms. The molecule has 0 spiro atoms. The van der Waals surface area contributed by atoms with Crippen LogP contribution < -0.4 is 5.32 Å². The molecule has 1 aromatic rings. The van der Waals surface area contributed by atoms with Crippen LogP contribution in [0, 0.1) is 5.92 Å².